The van der Waals surface area contributed by atoms with Crippen molar-refractivity contribution in [2.24, 2.45) is 0 Å². The summed E-state index contributed by atoms with van der Waals surface area (Å²) in [4.78, 5) is 15.6. The van der Waals surface area contributed by atoms with Gasteiger partial charge >= 0.3 is 0 Å². The van der Waals surface area contributed by atoms with Crippen molar-refractivity contribution >= 4 is 64.6 Å². The van der Waals surface area contributed by atoms with E-state index in [4.69, 9.17) is 15.0 Å². The van der Waals surface area contributed by atoms with E-state index in [1.807, 2.05) is 36.4 Å². The zero-order valence-electron chi connectivity index (χ0n) is 32.5. The number of benzene rings is 11. The smallest absolute Gasteiger partial charge is 0.164 e. The van der Waals surface area contributed by atoms with Gasteiger partial charge in [-0.05, 0) is 99.7 Å². The molecule has 1 aromatic heterocycles. The molecule has 0 amide bonds. The quantitative estimate of drug-likeness (QED) is 0.164. The lowest BCUT2D eigenvalue weighted by molar-refractivity contribution is 1.08. The Morgan fingerprint density at radius 2 is 0.550 bits per heavy atom. The Morgan fingerprint density at radius 3 is 1.07 bits per heavy atom. The molecule has 3 heteroatoms. The van der Waals surface area contributed by atoms with E-state index >= 15 is 0 Å². The summed E-state index contributed by atoms with van der Waals surface area (Å²) in [5, 5.41) is 14.8. The average Bonchev–Trinajstić information content (AvgIpc) is 3.34. The molecule has 0 spiro atoms. The molecule has 12 rings (SSSR count). The van der Waals surface area contributed by atoms with Crippen LogP contribution >= 0.6 is 0 Å². The van der Waals surface area contributed by atoms with Gasteiger partial charge in [0.25, 0.3) is 0 Å². The molecule has 0 saturated carbocycles. The Kier molecular flexibility index (Phi) is 7.85. The largest absolute Gasteiger partial charge is 0.208 e. The van der Waals surface area contributed by atoms with E-state index in [2.05, 4.69) is 176 Å². The molecule has 60 heavy (non-hydrogen) atoms. The van der Waals surface area contributed by atoms with Gasteiger partial charge < -0.3 is 0 Å². The van der Waals surface area contributed by atoms with Crippen LogP contribution in [0, 0.1) is 0 Å². The first-order chi connectivity index (χ1) is 29.7. The summed E-state index contributed by atoms with van der Waals surface area (Å²) in [5.74, 6) is 1.93. The van der Waals surface area contributed by atoms with E-state index in [-0.39, 0.29) is 0 Å². The predicted octanol–water partition coefficient (Wildman–Crippen LogP) is 15.1. The van der Waals surface area contributed by atoms with Crippen molar-refractivity contribution in [3.8, 4) is 56.4 Å². The minimum Gasteiger partial charge on any atom is -0.208 e. The molecule has 0 unspecified atom stereocenters. The molecule has 0 atom stereocenters. The number of aromatic nitrogens is 3. The highest BCUT2D eigenvalue weighted by atomic mass is 15.0. The lowest BCUT2D eigenvalue weighted by Gasteiger charge is -2.17. The second kappa shape index (κ2) is 13.8. The summed E-state index contributed by atoms with van der Waals surface area (Å²) in [6.07, 6.45) is 0. The second-order valence-electron chi connectivity index (χ2n) is 15.5. The van der Waals surface area contributed by atoms with Crippen molar-refractivity contribution < 1.29 is 0 Å². The molecule has 11 aromatic carbocycles. The summed E-state index contributed by atoms with van der Waals surface area (Å²) in [7, 11) is 0. The molecular formula is C57H35N3. The Hall–Kier alpha value is -8.01. The first kappa shape index (κ1) is 34.1. The van der Waals surface area contributed by atoms with Crippen LogP contribution in [0.5, 0.6) is 0 Å². The van der Waals surface area contributed by atoms with Crippen LogP contribution in [-0.2, 0) is 0 Å². The molecule has 0 N–H and O–H groups in total. The SMILES string of the molecule is c1ccc(-c2nc(-c3ccccc3)nc(-c3cc(-c4ccc(-c5ccc6c7ccccc7c7ccccc7c6c5)cc4)cc4c5ccccc5c5ccccc5c34)n2)cc1. The zero-order chi connectivity index (χ0) is 39.6. The molecule has 0 fully saturated rings. The van der Waals surface area contributed by atoms with Crippen molar-refractivity contribution in [2.75, 3.05) is 0 Å². The summed E-state index contributed by atoms with van der Waals surface area (Å²) >= 11 is 0. The van der Waals surface area contributed by atoms with Gasteiger partial charge in [-0.2, -0.15) is 0 Å². The fourth-order valence-electron chi connectivity index (χ4n) is 9.25. The Bertz CT molecular complexity index is 3540. The van der Waals surface area contributed by atoms with Gasteiger partial charge in [0.2, 0.25) is 0 Å². The Morgan fingerprint density at radius 1 is 0.200 bits per heavy atom. The Balaban J connectivity index is 1.08. The summed E-state index contributed by atoms with van der Waals surface area (Å²) in [6, 6.07) is 76.0. The van der Waals surface area contributed by atoms with Gasteiger partial charge in [-0.15, -0.1) is 0 Å². The second-order valence-corrected chi connectivity index (χ2v) is 15.5. The topological polar surface area (TPSA) is 38.7 Å². The van der Waals surface area contributed by atoms with Crippen LogP contribution in [0.25, 0.3) is 121 Å². The molecule has 3 nitrogen and oxygen atoms in total. The van der Waals surface area contributed by atoms with Crippen molar-refractivity contribution in [3.63, 3.8) is 0 Å². The monoisotopic (exact) mass is 761 g/mol. The minimum absolute atomic E-state index is 0.641. The number of hydrogen-bond acceptors (Lipinski definition) is 3. The van der Waals surface area contributed by atoms with E-state index in [9.17, 15) is 0 Å². The molecule has 0 radical (unpaired) electrons. The van der Waals surface area contributed by atoms with Crippen LogP contribution in [-0.4, -0.2) is 15.0 Å². The third-order valence-corrected chi connectivity index (χ3v) is 12.1. The molecule has 278 valence electrons. The molecule has 0 aliphatic carbocycles. The van der Waals surface area contributed by atoms with Crippen molar-refractivity contribution in [3.05, 3.63) is 212 Å². The van der Waals surface area contributed by atoms with Crippen LogP contribution in [0.4, 0.5) is 0 Å². The van der Waals surface area contributed by atoms with Crippen LogP contribution < -0.4 is 0 Å². The normalized spacial score (nSPS) is 11.7. The van der Waals surface area contributed by atoms with E-state index in [0.717, 1.165) is 38.6 Å². The van der Waals surface area contributed by atoms with Crippen LogP contribution in [0.3, 0.4) is 0 Å². The van der Waals surface area contributed by atoms with Crippen LogP contribution in [0.2, 0.25) is 0 Å². The molecular weight excluding hydrogens is 727 g/mol. The maximum atomic E-state index is 5.27. The number of nitrogens with zero attached hydrogens (tertiary/aromatic N) is 3. The number of fused-ring (bicyclic) bond motifs is 12. The summed E-state index contributed by atoms with van der Waals surface area (Å²) < 4.78 is 0. The highest BCUT2D eigenvalue weighted by Crippen LogP contribution is 2.43. The van der Waals surface area contributed by atoms with Gasteiger partial charge in [-0.3, -0.25) is 0 Å². The standard InChI is InChI=1S/C57H35N3/c1-3-15-38(16-4-1)55-58-56(39-17-5-2-6-18-39)60-57(59-55)53-35-41(34-52-48-25-12-10-22-45(48)46-23-13-14-26-50(46)54(52)53)37-29-27-36(28-30-37)40-31-32-49-44-21-8-7-19-42(44)43-20-9-11-24-47(43)51(49)33-40/h1-35H. The maximum absolute atomic E-state index is 5.27. The van der Waals surface area contributed by atoms with Gasteiger partial charge in [0.15, 0.2) is 17.5 Å². The number of hydrogen-bond donors (Lipinski definition) is 0. The van der Waals surface area contributed by atoms with Gasteiger partial charge in [0.1, 0.15) is 0 Å². The van der Waals surface area contributed by atoms with Gasteiger partial charge in [0.05, 0.1) is 0 Å². The molecule has 0 aliphatic heterocycles. The fourth-order valence-corrected chi connectivity index (χ4v) is 9.25. The van der Waals surface area contributed by atoms with Crippen LogP contribution in [0.15, 0.2) is 212 Å². The predicted molar refractivity (Wildman–Crippen MR) is 252 cm³/mol. The van der Waals surface area contributed by atoms with E-state index in [0.29, 0.717) is 17.5 Å². The Labute approximate surface area is 346 Å². The number of rotatable bonds is 5. The zero-order valence-corrected chi connectivity index (χ0v) is 32.5. The minimum atomic E-state index is 0.641. The lowest BCUT2D eigenvalue weighted by Crippen LogP contribution is -2.01. The van der Waals surface area contributed by atoms with Gasteiger partial charge in [0, 0.05) is 22.1 Å². The van der Waals surface area contributed by atoms with Gasteiger partial charge in [-0.25, -0.2) is 15.0 Å². The van der Waals surface area contributed by atoms with E-state index < -0.39 is 0 Å². The van der Waals surface area contributed by atoms with E-state index in [1.165, 1.54) is 65.0 Å². The average molecular weight is 762 g/mol. The first-order valence-corrected chi connectivity index (χ1v) is 20.4. The molecule has 0 saturated heterocycles. The highest BCUT2D eigenvalue weighted by Gasteiger charge is 2.20. The summed E-state index contributed by atoms with van der Waals surface area (Å²) in [5.41, 5.74) is 7.45. The highest BCUT2D eigenvalue weighted by molar-refractivity contribution is 6.29. The van der Waals surface area contributed by atoms with Crippen molar-refractivity contribution in [1.29, 1.82) is 0 Å². The molecule has 0 bridgehead atoms. The third-order valence-electron chi connectivity index (χ3n) is 12.1. The maximum Gasteiger partial charge on any atom is 0.164 e. The first-order valence-electron chi connectivity index (χ1n) is 20.4. The molecule has 12 aromatic rings. The van der Waals surface area contributed by atoms with Crippen LogP contribution in [0.1, 0.15) is 0 Å². The van der Waals surface area contributed by atoms with Gasteiger partial charge in [-0.1, -0.05) is 194 Å². The van der Waals surface area contributed by atoms with E-state index in [1.54, 1.807) is 0 Å². The van der Waals surface area contributed by atoms with Crippen molar-refractivity contribution in [2.45, 2.75) is 0 Å². The summed E-state index contributed by atoms with van der Waals surface area (Å²) in [6.45, 7) is 0. The van der Waals surface area contributed by atoms with Crippen molar-refractivity contribution in [1.82, 2.24) is 15.0 Å². The molecule has 1 heterocycles. The molecule has 0 aliphatic rings. The fraction of sp³-hybridized carbons (Fsp3) is 0. The lowest BCUT2D eigenvalue weighted by atomic mass is 9.88. The third kappa shape index (κ3) is 5.55.